The second-order valence-corrected chi connectivity index (χ2v) is 4.98. The number of para-hydroxylation sites is 1. The Morgan fingerprint density at radius 2 is 1.95 bits per heavy atom. The van der Waals surface area contributed by atoms with Gasteiger partial charge in [0.05, 0.1) is 16.6 Å². The van der Waals surface area contributed by atoms with Crippen LogP contribution in [0.2, 0.25) is 0 Å². The number of aromatic nitrogens is 2. The molecule has 108 valence electrons. The highest BCUT2D eigenvalue weighted by Crippen LogP contribution is 2.31. The third-order valence-corrected chi connectivity index (χ3v) is 3.50. The van der Waals surface area contributed by atoms with Gasteiger partial charge in [-0.3, -0.25) is 9.59 Å². The summed E-state index contributed by atoms with van der Waals surface area (Å²) in [5.41, 5.74) is 1.70. The van der Waals surface area contributed by atoms with E-state index in [1.807, 2.05) is 6.07 Å². The quantitative estimate of drug-likeness (QED) is 0.718. The summed E-state index contributed by atoms with van der Waals surface area (Å²) in [5, 5.41) is 3.28. The Morgan fingerprint density at radius 3 is 2.86 bits per heavy atom. The lowest BCUT2D eigenvalue weighted by molar-refractivity contribution is -0.118. The maximum absolute atomic E-state index is 12.1. The molecule has 0 spiro atoms. The Balaban J connectivity index is 1.87. The number of fused-ring (bicyclic) bond motifs is 2. The molecular weight excluding hydrogens is 282 g/mol. The van der Waals surface area contributed by atoms with E-state index < -0.39 is 0 Å². The van der Waals surface area contributed by atoms with Crippen molar-refractivity contribution in [2.45, 2.75) is 0 Å². The standard InChI is InChI=1S/C16H11N3O3/c20-14-8-22-13-6-5-9(7-12(13)17-14)15-18-11-4-2-1-3-10(11)16(21)19-15/h1-7H,8H2,(H,17,20)(H,18,19,21). The molecule has 0 unspecified atom stereocenters. The highest BCUT2D eigenvalue weighted by molar-refractivity contribution is 5.96. The molecule has 0 atom stereocenters. The van der Waals surface area contributed by atoms with Crippen LogP contribution in [0, 0.1) is 0 Å². The van der Waals surface area contributed by atoms with Crippen LogP contribution in [0.1, 0.15) is 0 Å². The summed E-state index contributed by atoms with van der Waals surface area (Å²) in [4.78, 5) is 30.7. The smallest absolute Gasteiger partial charge is 0.262 e. The maximum Gasteiger partial charge on any atom is 0.262 e. The zero-order chi connectivity index (χ0) is 15.1. The average Bonchev–Trinajstić information content (AvgIpc) is 2.54. The molecule has 0 saturated heterocycles. The van der Waals surface area contributed by atoms with Crippen LogP contribution in [0.4, 0.5) is 5.69 Å². The van der Waals surface area contributed by atoms with Gasteiger partial charge in [-0.25, -0.2) is 4.98 Å². The van der Waals surface area contributed by atoms with Crippen LogP contribution in [0.15, 0.2) is 47.3 Å². The molecule has 3 aromatic rings. The Labute approximate surface area is 124 Å². The minimum Gasteiger partial charge on any atom is -0.482 e. The number of ether oxygens (including phenoxy) is 1. The Bertz CT molecular complexity index is 962. The van der Waals surface area contributed by atoms with Gasteiger partial charge >= 0.3 is 0 Å². The van der Waals surface area contributed by atoms with E-state index in [1.165, 1.54) is 0 Å². The molecule has 0 bridgehead atoms. The van der Waals surface area contributed by atoms with Crippen LogP contribution in [0.3, 0.4) is 0 Å². The van der Waals surface area contributed by atoms with Gasteiger partial charge in [-0.2, -0.15) is 0 Å². The molecule has 6 heteroatoms. The van der Waals surface area contributed by atoms with E-state index in [0.717, 1.165) is 0 Å². The maximum atomic E-state index is 12.1. The number of hydrogen-bond donors (Lipinski definition) is 2. The van der Waals surface area contributed by atoms with Gasteiger partial charge in [0.1, 0.15) is 11.6 Å². The number of aromatic amines is 1. The van der Waals surface area contributed by atoms with Gasteiger partial charge < -0.3 is 15.0 Å². The number of rotatable bonds is 1. The fraction of sp³-hybridized carbons (Fsp3) is 0.0625. The zero-order valence-corrected chi connectivity index (χ0v) is 11.4. The van der Waals surface area contributed by atoms with Crippen LogP contribution >= 0.6 is 0 Å². The molecule has 4 rings (SSSR count). The Kier molecular flexibility index (Phi) is 2.69. The number of amides is 1. The zero-order valence-electron chi connectivity index (χ0n) is 11.4. The average molecular weight is 293 g/mol. The number of carbonyl (C=O) groups is 1. The molecular formula is C16H11N3O3. The summed E-state index contributed by atoms with van der Waals surface area (Å²) in [6, 6.07) is 12.4. The van der Waals surface area contributed by atoms with E-state index in [-0.39, 0.29) is 18.1 Å². The molecule has 1 amide bonds. The van der Waals surface area contributed by atoms with Crippen molar-refractivity contribution in [1.82, 2.24) is 9.97 Å². The first-order chi connectivity index (χ1) is 10.7. The summed E-state index contributed by atoms with van der Waals surface area (Å²) in [7, 11) is 0. The van der Waals surface area contributed by atoms with Crippen LogP contribution in [0.5, 0.6) is 5.75 Å². The molecule has 1 aromatic heterocycles. The van der Waals surface area contributed by atoms with E-state index in [9.17, 15) is 9.59 Å². The molecule has 0 fully saturated rings. The minimum atomic E-state index is -0.204. The third kappa shape index (κ3) is 2.01. The Hall–Kier alpha value is -3.15. The first-order valence-corrected chi connectivity index (χ1v) is 6.77. The number of hydrogen-bond acceptors (Lipinski definition) is 4. The van der Waals surface area contributed by atoms with E-state index in [0.29, 0.717) is 33.7 Å². The summed E-state index contributed by atoms with van der Waals surface area (Å²) in [6.07, 6.45) is 0. The van der Waals surface area contributed by atoms with Crippen molar-refractivity contribution in [1.29, 1.82) is 0 Å². The lowest BCUT2D eigenvalue weighted by Gasteiger charge is -2.18. The number of H-pyrrole nitrogens is 1. The van der Waals surface area contributed by atoms with Crippen LogP contribution < -0.4 is 15.6 Å². The van der Waals surface area contributed by atoms with Gasteiger partial charge in [0, 0.05) is 5.56 Å². The number of benzene rings is 2. The third-order valence-electron chi connectivity index (χ3n) is 3.50. The molecule has 0 aliphatic carbocycles. The first-order valence-electron chi connectivity index (χ1n) is 6.77. The predicted molar refractivity (Wildman–Crippen MR) is 81.9 cm³/mol. The topological polar surface area (TPSA) is 84.1 Å². The number of nitrogens with one attached hydrogen (secondary N) is 2. The summed E-state index contributed by atoms with van der Waals surface area (Å²) in [6.45, 7) is 0.0113. The normalized spacial score (nSPS) is 13.4. The fourth-order valence-corrected chi connectivity index (χ4v) is 2.45. The van der Waals surface area contributed by atoms with Gasteiger partial charge in [-0.05, 0) is 30.3 Å². The second kappa shape index (κ2) is 4.70. The molecule has 0 saturated carbocycles. The summed E-state index contributed by atoms with van der Waals surface area (Å²) >= 11 is 0. The molecule has 6 nitrogen and oxygen atoms in total. The van der Waals surface area contributed by atoms with Crippen molar-refractivity contribution in [3.8, 4) is 17.1 Å². The van der Waals surface area contributed by atoms with E-state index in [4.69, 9.17) is 4.74 Å². The second-order valence-electron chi connectivity index (χ2n) is 4.98. The molecule has 22 heavy (non-hydrogen) atoms. The fourth-order valence-electron chi connectivity index (χ4n) is 2.45. The van der Waals surface area contributed by atoms with Gasteiger partial charge in [0.2, 0.25) is 0 Å². The van der Waals surface area contributed by atoms with Gasteiger partial charge in [0.25, 0.3) is 11.5 Å². The molecule has 1 aliphatic rings. The highest BCUT2D eigenvalue weighted by atomic mass is 16.5. The first kappa shape index (κ1) is 12.6. The molecule has 1 aliphatic heterocycles. The lowest BCUT2D eigenvalue weighted by atomic mass is 10.1. The lowest BCUT2D eigenvalue weighted by Crippen LogP contribution is -2.25. The largest absolute Gasteiger partial charge is 0.482 e. The predicted octanol–water partition coefficient (Wildman–Crippen LogP) is 1.92. The van der Waals surface area contributed by atoms with Crippen molar-refractivity contribution in [2.24, 2.45) is 0 Å². The van der Waals surface area contributed by atoms with Crippen molar-refractivity contribution in [3.63, 3.8) is 0 Å². The van der Waals surface area contributed by atoms with E-state index >= 15 is 0 Å². The van der Waals surface area contributed by atoms with Crippen molar-refractivity contribution in [2.75, 3.05) is 11.9 Å². The van der Waals surface area contributed by atoms with E-state index in [2.05, 4.69) is 15.3 Å². The van der Waals surface area contributed by atoms with Gasteiger partial charge in [-0.15, -0.1) is 0 Å². The SMILES string of the molecule is O=C1COc2ccc(-c3nc4ccccc4c(=O)[nH]3)cc2N1. The summed E-state index contributed by atoms with van der Waals surface area (Å²) < 4.78 is 5.32. The van der Waals surface area contributed by atoms with Gasteiger partial charge in [0.15, 0.2) is 6.61 Å². The van der Waals surface area contributed by atoms with Crippen molar-refractivity contribution >= 4 is 22.5 Å². The highest BCUT2D eigenvalue weighted by Gasteiger charge is 2.17. The van der Waals surface area contributed by atoms with Crippen molar-refractivity contribution < 1.29 is 9.53 Å². The van der Waals surface area contributed by atoms with Crippen LogP contribution in [-0.4, -0.2) is 22.5 Å². The Morgan fingerprint density at radius 1 is 1.09 bits per heavy atom. The monoisotopic (exact) mass is 293 g/mol. The molecule has 2 heterocycles. The molecule has 2 N–H and O–H groups in total. The minimum absolute atomic E-state index is 0.0113. The number of nitrogens with zero attached hydrogens (tertiary/aromatic N) is 1. The molecule has 2 aromatic carbocycles. The van der Waals surface area contributed by atoms with E-state index in [1.54, 1.807) is 36.4 Å². The summed E-state index contributed by atoms with van der Waals surface area (Å²) in [5.74, 6) is 0.849. The number of carbonyl (C=O) groups excluding carboxylic acids is 1. The number of anilines is 1. The van der Waals surface area contributed by atoms with Crippen LogP contribution in [0.25, 0.3) is 22.3 Å². The van der Waals surface area contributed by atoms with Gasteiger partial charge in [-0.1, -0.05) is 12.1 Å². The van der Waals surface area contributed by atoms with Crippen LogP contribution in [-0.2, 0) is 4.79 Å². The molecule has 0 radical (unpaired) electrons. The van der Waals surface area contributed by atoms with Crippen molar-refractivity contribution in [3.05, 3.63) is 52.8 Å².